The van der Waals surface area contributed by atoms with E-state index in [9.17, 15) is 10.1 Å². The fraction of sp³-hybridized carbons (Fsp3) is 0.294. The molecule has 5 nitrogen and oxygen atoms in total. The van der Waals surface area contributed by atoms with Gasteiger partial charge in [0.15, 0.2) is 0 Å². The molecule has 0 radical (unpaired) electrons. The number of benzene rings is 2. The molecular weight excluding hydrogens is 280 g/mol. The van der Waals surface area contributed by atoms with Gasteiger partial charge in [0.2, 0.25) is 0 Å². The van der Waals surface area contributed by atoms with Crippen molar-refractivity contribution in [2.45, 2.75) is 19.1 Å². The molecule has 2 aromatic carbocycles. The predicted molar refractivity (Wildman–Crippen MR) is 85.0 cm³/mol. The second-order valence-electron chi connectivity index (χ2n) is 5.52. The van der Waals surface area contributed by atoms with Crippen LogP contribution in [0.2, 0.25) is 0 Å². The third kappa shape index (κ3) is 3.09. The van der Waals surface area contributed by atoms with E-state index in [0.29, 0.717) is 0 Å². The molecule has 5 heteroatoms. The molecule has 2 unspecified atom stereocenters. The molecule has 0 aromatic heterocycles. The lowest BCUT2D eigenvalue weighted by Gasteiger charge is -2.38. The third-order valence-electron chi connectivity index (χ3n) is 3.86. The van der Waals surface area contributed by atoms with Crippen LogP contribution in [0.15, 0.2) is 54.6 Å². The first-order valence-electron chi connectivity index (χ1n) is 7.33. The quantitative estimate of drug-likeness (QED) is 0.642. The van der Waals surface area contributed by atoms with Crippen molar-refractivity contribution >= 4 is 11.4 Å². The summed E-state index contributed by atoms with van der Waals surface area (Å²) in [5.41, 5.74) is 2.26. The van der Waals surface area contributed by atoms with Gasteiger partial charge in [-0.15, -0.1) is 0 Å². The number of nitro benzene ring substituents is 1. The number of anilines is 1. The standard InChI is InChI=1S/C17H18N2O3/c1-13-11-18(15-7-9-16(10-8-15)19(20)21)12-17(22-13)14-5-3-2-4-6-14/h2-10,13,17H,11-12H2,1H3. The van der Waals surface area contributed by atoms with Gasteiger partial charge in [-0.25, -0.2) is 0 Å². The molecular formula is C17H18N2O3. The second-order valence-corrected chi connectivity index (χ2v) is 5.52. The number of ether oxygens (including phenoxy) is 1. The maximum atomic E-state index is 10.7. The summed E-state index contributed by atoms with van der Waals surface area (Å²) in [5.74, 6) is 0. The van der Waals surface area contributed by atoms with Gasteiger partial charge in [0, 0.05) is 30.9 Å². The van der Waals surface area contributed by atoms with Crippen molar-refractivity contribution < 1.29 is 9.66 Å². The Bertz CT molecular complexity index is 643. The van der Waals surface area contributed by atoms with Gasteiger partial charge in [0.25, 0.3) is 5.69 Å². The molecule has 0 N–H and O–H groups in total. The summed E-state index contributed by atoms with van der Waals surface area (Å²) in [6.07, 6.45) is 0.120. The molecule has 1 fully saturated rings. The number of hydrogen-bond acceptors (Lipinski definition) is 4. The summed E-state index contributed by atoms with van der Waals surface area (Å²) in [4.78, 5) is 12.6. The van der Waals surface area contributed by atoms with Crippen LogP contribution < -0.4 is 4.90 Å². The maximum absolute atomic E-state index is 10.7. The van der Waals surface area contributed by atoms with Crippen molar-refractivity contribution in [2.75, 3.05) is 18.0 Å². The summed E-state index contributed by atoms with van der Waals surface area (Å²) in [7, 11) is 0. The van der Waals surface area contributed by atoms with Crippen LogP contribution in [0, 0.1) is 10.1 Å². The van der Waals surface area contributed by atoms with Crippen LogP contribution in [0.5, 0.6) is 0 Å². The summed E-state index contributed by atoms with van der Waals surface area (Å²) in [6.45, 7) is 3.57. The molecule has 0 spiro atoms. The Hall–Kier alpha value is -2.40. The molecule has 2 atom stereocenters. The van der Waals surface area contributed by atoms with Crippen molar-refractivity contribution in [3.8, 4) is 0 Å². The van der Waals surface area contributed by atoms with Gasteiger partial charge in [0.1, 0.15) is 6.10 Å². The minimum atomic E-state index is -0.376. The smallest absolute Gasteiger partial charge is 0.269 e. The molecule has 0 amide bonds. The van der Waals surface area contributed by atoms with E-state index < -0.39 is 0 Å². The van der Waals surface area contributed by atoms with Crippen molar-refractivity contribution in [3.63, 3.8) is 0 Å². The van der Waals surface area contributed by atoms with E-state index in [1.807, 2.05) is 25.1 Å². The van der Waals surface area contributed by atoms with E-state index in [2.05, 4.69) is 17.0 Å². The molecule has 0 saturated carbocycles. The molecule has 3 rings (SSSR count). The molecule has 0 bridgehead atoms. The molecule has 0 aliphatic carbocycles. The fourth-order valence-electron chi connectivity index (χ4n) is 2.80. The highest BCUT2D eigenvalue weighted by Gasteiger charge is 2.26. The normalized spacial score (nSPS) is 21.6. The average Bonchev–Trinajstić information content (AvgIpc) is 2.55. The topological polar surface area (TPSA) is 55.6 Å². The van der Waals surface area contributed by atoms with Crippen molar-refractivity contribution in [1.82, 2.24) is 0 Å². The molecule has 114 valence electrons. The molecule has 1 aliphatic rings. The van der Waals surface area contributed by atoms with Crippen LogP contribution in [0.25, 0.3) is 0 Å². The predicted octanol–water partition coefficient (Wildman–Crippen LogP) is 3.56. The lowest BCUT2D eigenvalue weighted by Crippen LogP contribution is -2.42. The highest BCUT2D eigenvalue weighted by Crippen LogP contribution is 2.29. The van der Waals surface area contributed by atoms with E-state index >= 15 is 0 Å². The van der Waals surface area contributed by atoms with E-state index in [1.54, 1.807) is 24.3 Å². The van der Waals surface area contributed by atoms with E-state index in [1.165, 1.54) is 0 Å². The largest absolute Gasteiger partial charge is 0.367 e. The average molecular weight is 298 g/mol. The van der Waals surface area contributed by atoms with Gasteiger partial charge in [0.05, 0.1) is 11.0 Å². The maximum Gasteiger partial charge on any atom is 0.269 e. The van der Waals surface area contributed by atoms with Gasteiger partial charge < -0.3 is 9.64 Å². The minimum absolute atomic E-state index is 0.0140. The summed E-state index contributed by atoms with van der Waals surface area (Å²) in [5, 5.41) is 10.7. The number of hydrogen-bond donors (Lipinski definition) is 0. The Kier molecular flexibility index (Phi) is 4.06. The molecule has 1 aliphatic heterocycles. The van der Waals surface area contributed by atoms with Crippen LogP contribution in [0.4, 0.5) is 11.4 Å². The van der Waals surface area contributed by atoms with E-state index in [0.717, 1.165) is 24.3 Å². The Labute approximate surface area is 129 Å². The zero-order valence-electron chi connectivity index (χ0n) is 12.4. The first kappa shape index (κ1) is 14.5. The SMILES string of the molecule is CC1CN(c2ccc([N+](=O)[O-])cc2)CC(c2ccccc2)O1. The van der Waals surface area contributed by atoms with Gasteiger partial charge in [-0.1, -0.05) is 30.3 Å². The van der Waals surface area contributed by atoms with Crippen molar-refractivity contribution in [3.05, 3.63) is 70.3 Å². The van der Waals surface area contributed by atoms with Gasteiger partial charge in [-0.3, -0.25) is 10.1 Å². The summed E-state index contributed by atoms with van der Waals surface area (Å²) >= 11 is 0. The van der Waals surface area contributed by atoms with Crippen molar-refractivity contribution in [2.24, 2.45) is 0 Å². The number of nitro groups is 1. The zero-order chi connectivity index (χ0) is 15.5. The zero-order valence-corrected chi connectivity index (χ0v) is 12.4. The number of morpholine rings is 1. The lowest BCUT2D eigenvalue weighted by atomic mass is 10.1. The number of nitrogens with zero attached hydrogens (tertiary/aromatic N) is 2. The Morgan fingerprint density at radius 1 is 1.09 bits per heavy atom. The first-order chi connectivity index (χ1) is 10.6. The number of non-ortho nitro benzene ring substituents is 1. The monoisotopic (exact) mass is 298 g/mol. The number of rotatable bonds is 3. The van der Waals surface area contributed by atoms with Crippen LogP contribution >= 0.6 is 0 Å². The molecule has 1 saturated heterocycles. The molecule has 2 aromatic rings. The molecule has 1 heterocycles. The Morgan fingerprint density at radius 3 is 2.41 bits per heavy atom. The Balaban J connectivity index is 1.80. The van der Waals surface area contributed by atoms with Crippen molar-refractivity contribution in [1.29, 1.82) is 0 Å². The molecule has 22 heavy (non-hydrogen) atoms. The fourth-order valence-corrected chi connectivity index (χ4v) is 2.80. The highest BCUT2D eigenvalue weighted by molar-refractivity contribution is 5.51. The van der Waals surface area contributed by atoms with E-state index in [-0.39, 0.29) is 22.8 Å². The first-order valence-corrected chi connectivity index (χ1v) is 7.33. The highest BCUT2D eigenvalue weighted by atomic mass is 16.6. The van der Waals surface area contributed by atoms with Gasteiger partial charge in [-0.2, -0.15) is 0 Å². The third-order valence-corrected chi connectivity index (χ3v) is 3.86. The van der Waals surface area contributed by atoms with Gasteiger partial charge in [-0.05, 0) is 24.6 Å². The summed E-state index contributed by atoms with van der Waals surface area (Å²) < 4.78 is 6.04. The van der Waals surface area contributed by atoms with E-state index in [4.69, 9.17) is 4.74 Å². The van der Waals surface area contributed by atoms with Crippen LogP contribution in [0.3, 0.4) is 0 Å². The van der Waals surface area contributed by atoms with Gasteiger partial charge >= 0.3 is 0 Å². The van der Waals surface area contributed by atoms with Crippen LogP contribution in [0.1, 0.15) is 18.6 Å². The van der Waals surface area contributed by atoms with Crippen LogP contribution in [-0.4, -0.2) is 24.1 Å². The lowest BCUT2D eigenvalue weighted by molar-refractivity contribution is -0.384. The second kappa shape index (κ2) is 6.15. The van der Waals surface area contributed by atoms with Crippen LogP contribution in [-0.2, 0) is 4.74 Å². The summed E-state index contributed by atoms with van der Waals surface area (Å²) in [6, 6.07) is 16.8. The minimum Gasteiger partial charge on any atom is -0.367 e. The Morgan fingerprint density at radius 2 is 1.77 bits per heavy atom.